The number of amides is 3. The molecule has 152 valence electrons. The van der Waals surface area contributed by atoms with Crippen molar-refractivity contribution < 1.29 is 9.59 Å². The van der Waals surface area contributed by atoms with Crippen LogP contribution in [-0.4, -0.2) is 49.6 Å². The van der Waals surface area contributed by atoms with Crippen LogP contribution >= 0.6 is 11.6 Å². The van der Waals surface area contributed by atoms with Gasteiger partial charge in [0, 0.05) is 35.9 Å². The lowest BCUT2D eigenvalue weighted by Crippen LogP contribution is -2.37. The van der Waals surface area contributed by atoms with E-state index in [0.29, 0.717) is 30.2 Å². The Balaban J connectivity index is 1.47. The van der Waals surface area contributed by atoms with Gasteiger partial charge in [0.15, 0.2) is 0 Å². The summed E-state index contributed by atoms with van der Waals surface area (Å²) in [5.74, 6) is -0.141. The van der Waals surface area contributed by atoms with Gasteiger partial charge in [-0.05, 0) is 61.8 Å². The number of carbonyl (C=O) groups is 2. The zero-order chi connectivity index (χ0) is 20.2. The first-order valence-electron chi connectivity index (χ1n) is 10.0. The molecule has 4 rings (SSSR count). The molecule has 6 nitrogen and oxygen atoms in total. The van der Waals surface area contributed by atoms with E-state index in [1.807, 2.05) is 30.3 Å². The topological polar surface area (TPSA) is 64.7 Å². The van der Waals surface area contributed by atoms with Gasteiger partial charge in [-0.2, -0.15) is 0 Å². The fourth-order valence-electron chi connectivity index (χ4n) is 4.05. The third kappa shape index (κ3) is 4.54. The molecular formula is C22H25ClN4O2. The summed E-state index contributed by atoms with van der Waals surface area (Å²) in [6, 6.07) is 15.0. The summed E-state index contributed by atoms with van der Waals surface area (Å²) in [6.07, 6.45) is 2.34. The molecule has 1 unspecified atom stereocenters. The standard InChI is InChI=1S/C22H25ClN4O2/c23-18-7-3-5-16(13-18)20(26-10-1-2-11-26)15-25-21(28)17-6-4-8-19(14-17)27-12-9-24-22(27)29/h3-8,13-14,20H,1-2,9-12,15H2,(H,24,29)(H,25,28). The highest BCUT2D eigenvalue weighted by Gasteiger charge is 2.25. The van der Waals surface area contributed by atoms with Crippen LogP contribution in [0.1, 0.15) is 34.8 Å². The Morgan fingerprint density at radius 2 is 1.90 bits per heavy atom. The Morgan fingerprint density at radius 3 is 2.62 bits per heavy atom. The maximum absolute atomic E-state index is 12.8. The number of nitrogens with one attached hydrogen (secondary N) is 2. The Bertz CT molecular complexity index is 898. The van der Waals surface area contributed by atoms with Gasteiger partial charge < -0.3 is 10.6 Å². The number of anilines is 1. The van der Waals surface area contributed by atoms with Gasteiger partial charge in [-0.25, -0.2) is 4.79 Å². The molecule has 3 amide bonds. The Labute approximate surface area is 175 Å². The van der Waals surface area contributed by atoms with E-state index in [2.05, 4.69) is 21.6 Å². The highest BCUT2D eigenvalue weighted by atomic mass is 35.5. The molecule has 7 heteroatoms. The molecule has 0 aliphatic carbocycles. The third-order valence-electron chi connectivity index (χ3n) is 5.55. The summed E-state index contributed by atoms with van der Waals surface area (Å²) < 4.78 is 0. The van der Waals surface area contributed by atoms with Crippen molar-refractivity contribution in [1.82, 2.24) is 15.5 Å². The predicted molar refractivity (Wildman–Crippen MR) is 115 cm³/mol. The zero-order valence-corrected chi connectivity index (χ0v) is 17.0. The predicted octanol–water partition coefficient (Wildman–Crippen LogP) is 3.44. The smallest absolute Gasteiger partial charge is 0.321 e. The number of hydrogen-bond acceptors (Lipinski definition) is 3. The highest BCUT2D eigenvalue weighted by molar-refractivity contribution is 6.30. The quantitative estimate of drug-likeness (QED) is 0.763. The van der Waals surface area contributed by atoms with Crippen LogP contribution in [0.2, 0.25) is 5.02 Å². The minimum atomic E-state index is -0.141. The summed E-state index contributed by atoms with van der Waals surface area (Å²) in [6.45, 7) is 3.77. The van der Waals surface area contributed by atoms with Crippen LogP contribution in [0.25, 0.3) is 0 Å². The molecule has 2 aromatic carbocycles. The molecule has 0 aromatic heterocycles. The van der Waals surface area contributed by atoms with E-state index in [1.165, 1.54) is 12.8 Å². The maximum atomic E-state index is 12.8. The van der Waals surface area contributed by atoms with Crippen LogP contribution in [0, 0.1) is 0 Å². The van der Waals surface area contributed by atoms with Gasteiger partial charge in [-0.3, -0.25) is 14.6 Å². The first-order valence-corrected chi connectivity index (χ1v) is 10.4. The lowest BCUT2D eigenvalue weighted by atomic mass is 10.1. The average molecular weight is 413 g/mol. The van der Waals surface area contributed by atoms with Crippen molar-refractivity contribution in [2.24, 2.45) is 0 Å². The van der Waals surface area contributed by atoms with Gasteiger partial charge in [-0.15, -0.1) is 0 Å². The number of rotatable bonds is 6. The molecule has 0 spiro atoms. The van der Waals surface area contributed by atoms with Gasteiger partial charge in [-0.1, -0.05) is 29.8 Å². The summed E-state index contributed by atoms with van der Waals surface area (Å²) in [4.78, 5) is 28.8. The molecule has 2 N–H and O–H groups in total. The second-order valence-electron chi connectivity index (χ2n) is 7.46. The van der Waals surface area contributed by atoms with Gasteiger partial charge in [0.25, 0.3) is 5.91 Å². The second-order valence-corrected chi connectivity index (χ2v) is 7.89. The van der Waals surface area contributed by atoms with Gasteiger partial charge in [0.05, 0.1) is 6.04 Å². The lowest BCUT2D eigenvalue weighted by Gasteiger charge is -2.28. The van der Waals surface area contributed by atoms with Crippen molar-refractivity contribution in [3.05, 3.63) is 64.7 Å². The van der Waals surface area contributed by atoms with E-state index in [-0.39, 0.29) is 18.0 Å². The lowest BCUT2D eigenvalue weighted by molar-refractivity contribution is 0.0938. The van der Waals surface area contributed by atoms with Crippen molar-refractivity contribution in [2.75, 3.05) is 37.6 Å². The molecule has 2 heterocycles. The molecule has 1 atom stereocenters. The molecule has 2 saturated heterocycles. The van der Waals surface area contributed by atoms with Crippen molar-refractivity contribution in [2.45, 2.75) is 18.9 Å². The summed E-state index contributed by atoms with van der Waals surface area (Å²) in [5, 5.41) is 6.56. The van der Waals surface area contributed by atoms with Crippen LogP contribution in [0.5, 0.6) is 0 Å². The Kier molecular flexibility index (Phi) is 6.02. The fraction of sp³-hybridized carbons (Fsp3) is 0.364. The zero-order valence-electron chi connectivity index (χ0n) is 16.2. The summed E-state index contributed by atoms with van der Waals surface area (Å²) in [7, 11) is 0. The maximum Gasteiger partial charge on any atom is 0.321 e. The average Bonchev–Trinajstić information content (AvgIpc) is 3.40. The van der Waals surface area contributed by atoms with E-state index in [0.717, 1.165) is 24.3 Å². The van der Waals surface area contributed by atoms with E-state index >= 15 is 0 Å². The SMILES string of the molecule is O=C(NCC(c1cccc(Cl)c1)N1CCCC1)c1cccc(N2CCNC2=O)c1. The molecule has 2 aromatic rings. The van der Waals surface area contributed by atoms with E-state index in [1.54, 1.807) is 17.0 Å². The number of benzene rings is 2. The summed E-state index contributed by atoms with van der Waals surface area (Å²) in [5.41, 5.74) is 2.40. The molecule has 2 aliphatic rings. The summed E-state index contributed by atoms with van der Waals surface area (Å²) >= 11 is 6.20. The number of nitrogens with zero attached hydrogens (tertiary/aromatic N) is 2. The van der Waals surface area contributed by atoms with Crippen molar-refractivity contribution >= 4 is 29.2 Å². The third-order valence-corrected chi connectivity index (χ3v) is 5.78. The number of carbonyl (C=O) groups excluding carboxylic acids is 2. The van der Waals surface area contributed by atoms with Crippen LogP contribution in [0.3, 0.4) is 0 Å². The van der Waals surface area contributed by atoms with E-state index < -0.39 is 0 Å². The highest BCUT2D eigenvalue weighted by Crippen LogP contribution is 2.26. The monoisotopic (exact) mass is 412 g/mol. The van der Waals surface area contributed by atoms with Crippen molar-refractivity contribution in [3.8, 4) is 0 Å². The number of likely N-dealkylation sites (tertiary alicyclic amines) is 1. The van der Waals surface area contributed by atoms with Crippen LogP contribution in [-0.2, 0) is 0 Å². The number of halogens is 1. The Hall–Kier alpha value is -2.57. The Morgan fingerprint density at radius 1 is 1.10 bits per heavy atom. The van der Waals surface area contributed by atoms with Crippen LogP contribution in [0.15, 0.2) is 48.5 Å². The van der Waals surface area contributed by atoms with Crippen LogP contribution < -0.4 is 15.5 Å². The van der Waals surface area contributed by atoms with Crippen molar-refractivity contribution in [3.63, 3.8) is 0 Å². The largest absolute Gasteiger partial charge is 0.350 e. The molecular weight excluding hydrogens is 388 g/mol. The van der Waals surface area contributed by atoms with E-state index in [9.17, 15) is 9.59 Å². The van der Waals surface area contributed by atoms with Crippen molar-refractivity contribution in [1.29, 1.82) is 0 Å². The normalized spacial score (nSPS) is 18.0. The molecule has 29 heavy (non-hydrogen) atoms. The first kappa shape index (κ1) is 19.7. The van der Waals surface area contributed by atoms with E-state index in [4.69, 9.17) is 11.6 Å². The van der Waals surface area contributed by atoms with Gasteiger partial charge in [0.2, 0.25) is 0 Å². The van der Waals surface area contributed by atoms with Crippen LogP contribution in [0.4, 0.5) is 10.5 Å². The molecule has 0 radical (unpaired) electrons. The fourth-order valence-corrected chi connectivity index (χ4v) is 4.25. The number of urea groups is 1. The molecule has 2 fully saturated rings. The number of hydrogen-bond donors (Lipinski definition) is 2. The molecule has 0 bridgehead atoms. The minimum Gasteiger partial charge on any atom is -0.350 e. The van der Waals surface area contributed by atoms with Gasteiger partial charge >= 0.3 is 6.03 Å². The molecule has 2 aliphatic heterocycles. The first-order chi connectivity index (χ1) is 14.1. The molecule has 0 saturated carbocycles. The second kappa shape index (κ2) is 8.84. The minimum absolute atomic E-state index is 0.0905. The van der Waals surface area contributed by atoms with Gasteiger partial charge in [0.1, 0.15) is 0 Å².